The fraction of sp³-hybridized carbons (Fsp3) is 0.644. The molecule has 0 N–H and O–H groups in total. The van der Waals surface area contributed by atoms with Crippen molar-refractivity contribution in [3.63, 3.8) is 0 Å². The molecule has 0 aliphatic rings. The van der Waals surface area contributed by atoms with Crippen molar-refractivity contribution >= 4 is 17.9 Å². The number of rotatable bonds is 46. The molecule has 0 saturated carbocycles. The van der Waals surface area contributed by atoms with E-state index in [4.69, 9.17) is 14.2 Å². The van der Waals surface area contributed by atoms with Crippen molar-refractivity contribution in [2.45, 2.75) is 232 Å². The van der Waals surface area contributed by atoms with Crippen LogP contribution in [-0.4, -0.2) is 37.2 Å². The van der Waals surface area contributed by atoms with Gasteiger partial charge in [-0.05, 0) is 89.9 Å². The average Bonchev–Trinajstić information content (AvgIpc) is 3.30. The third kappa shape index (κ3) is 50.9. The normalized spacial score (nSPS) is 13.0. The molecule has 368 valence electrons. The van der Waals surface area contributed by atoms with Crippen LogP contribution in [0.3, 0.4) is 0 Å². The summed E-state index contributed by atoms with van der Waals surface area (Å²) in [6.07, 6.45) is 70.9. The topological polar surface area (TPSA) is 78.9 Å². The zero-order valence-electron chi connectivity index (χ0n) is 42.0. The highest BCUT2D eigenvalue weighted by molar-refractivity contribution is 5.71. The molecule has 0 saturated heterocycles. The molecule has 0 heterocycles. The molecule has 0 aliphatic carbocycles. The van der Waals surface area contributed by atoms with Crippen LogP contribution in [-0.2, 0) is 28.6 Å². The fourth-order valence-electron chi connectivity index (χ4n) is 6.89. The number of unbranched alkanes of at least 4 members (excludes halogenated alkanes) is 17. The van der Waals surface area contributed by atoms with Crippen molar-refractivity contribution in [3.8, 4) is 0 Å². The van der Waals surface area contributed by atoms with E-state index in [1.165, 1.54) is 77.0 Å². The van der Waals surface area contributed by atoms with Crippen LogP contribution in [0.4, 0.5) is 0 Å². The average molecular weight is 901 g/mol. The number of carbonyl (C=O) groups is 3. The molecule has 0 spiro atoms. The van der Waals surface area contributed by atoms with E-state index in [0.29, 0.717) is 19.3 Å². The molecule has 6 heteroatoms. The summed E-state index contributed by atoms with van der Waals surface area (Å²) >= 11 is 0. The molecule has 6 nitrogen and oxygen atoms in total. The van der Waals surface area contributed by atoms with Gasteiger partial charge in [0.05, 0.1) is 0 Å². The largest absolute Gasteiger partial charge is 0.462 e. The first kappa shape index (κ1) is 61.1. The second-order valence-corrected chi connectivity index (χ2v) is 17.0. The Morgan fingerprint density at radius 2 is 0.631 bits per heavy atom. The highest BCUT2D eigenvalue weighted by Crippen LogP contribution is 2.14. The minimum atomic E-state index is -0.820. The molecular formula is C59H96O6. The summed E-state index contributed by atoms with van der Waals surface area (Å²) in [5.41, 5.74) is 0. The van der Waals surface area contributed by atoms with Gasteiger partial charge in [0.2, 0.25) is 0 Å². The Kier molecular flexibility index (Phi) is 49.5. The van der Waals surface area contributed by atoms with Crippen molar-refractivity contribution in [1.29, 1.82) is 0 Å². The lowest BCUT2D eigenvalue weighted by Crippen LogP contribution is -2.30. The van der Waals surface area contributed by atoms with Crippen molar-refractivity contribution < 1.29 is 28.6 Å². The summed E-state index contributed by atoms with van der Waals surface area (Å²) < 4.78 is 16.7. The van der Waals surface area contributed by atoms with Crippen LogP contribution >= 0.6 is 0 Å². The smallest absolute Gasteiger partial charge is 0.306 e. The van der Waals surface area contributed by atoms with Gasteiger partial charge in [0.25, 0.3) is 0 Å². The van der Waals surface area contributed by atoms with Crippen LogP contribution in [0, 0.1) is 0 Å². The van der Waals surface area contributed by atoms with Crippen molar-refractivity contribution in [1.82, 2.24) is 0 Å². The predicted octanol–water partition coefficient (Wildman–Crippen LogP) is 17.5. The van der Waals surface area contributed by atoms with Gasteiger partial charge in [0.1, 0.15) is 13.2 Å². The first-order chi connectivity index (χ1) is 32.0. The minimum absolute atomic E-state index is 0.110. The third-order valence-electron chi connectivity index (χ3n) is 10.8. The Hall–Kier alpha value is -3.93. The second kappa shape index (κ2) is 52.7. The Balaban J connectivity index is 4.40. The SMILES string of the molecule is CC/C=C\C/C=C\C/C=C\C/C=C\C/C=C\CCCCCCCCCC(=O)OCC(COC(=O)CCCCCCCCCCCCC)OC(=O)CC/C=C\C/C=C\C/C=C\C/C=C\CC. The summed E-state index contributed by atoms with van der Waals surface area (Å²) in [7, 11) is 0. The van der Waals surface area contributed by atoms with E-state index in [1.807, 2.05) is 12.2 Å². The third-order valence-corrected chi connectivity index (χ3v) is 10.8. The number of esters is 3. The van der Waals surface area contributed by atoms with Gasteiger partial charge in [0.15, 0.2) is 6.10 Å². The molecule has 0 aliphatic heterocycles. The van der Waals surface area contributed by atoms with Crippen LogP contribution < -0.4 is 0 Å². The van der Waals surface area contributed by atoms with Gasteiger partial charge in [-0.15, -0.1) is 0 Å². The minimum Gasteiger partial charge on any atom is -0.462 e. The number of allylic oxidation sites excluding steroid dienone is 18. The van der Waals surface area contributed by atoms with Crippen LogP contribution in [0.25, 0.3) is 0 Å². The maximum Gasteiger partial charge on any atom is 0.306 e. The van der Waals surface area contributed by atoms with E-state index in [-0.39, 0.29) is 31.6 Å². The summed E-state index contributed by atoms with van der Waals surface area (Å²) in [4.78, 5) is 37.9. The number of ether oxygens (including phenoxy) is 3. The lowest BCUT2D eigenvalue weighted by atomic mass is 10.1. The fourth-order valence-corrected chi connectivity index (χ4v) is 6.89. The Bertz CT molecular complexity index is 1360. The van der Waals surface area contributed by atoms with E-state index >= 15 is 0 Å². The van der Waals surface area contributed by atoms with Gasteiger partial charge in [0, 0.05) is 19.3 Å². The Morgan fingerprint density at radius 3 is 1.00 bits per heavy atom. The first-order valence-corrected chi connectivity index (χ1v) is 26.4. The maximum absolute atomic E-state index is 12.7. The molecule has 0 amide bonds. The van der Waals surface area contributed by atoms with E-state index in [9.17, 15) is 14.4 Å². The van der Waals surface area contributed by atoms with E-state index in [2.05, 4.69) is 118 Å². The molecule has 0 aromatic rings. The Labute approximate surface area is 400 Å². The molecule has 1 unspecified atom stereocenters. The van der Waals surface area contributed by atoms with Crippen molar-refractivity contribution in [2.24, 2.45) is 0 Å². The highest BCUT2D eigenvalue weighted by atomic mass is 16.6. The summed E-state index contributed by atoms with van der Waals surface area (Å²) in [5.74, 6) is -1.01. The zero-order chi connectivity index (χ0) is 47.2. The second-order valence-electron chi connectivity index (χ2n) is 17.0. The maximum atomic E-state index is 12.7. The monoisotopic (exact) mass is 901 g/mol. The molecule has 0 fully saturated rings. The number of hydrogen-bond acceptors (Lipinski definition) is 6. The van der Waals surface area contributed by atoms with E-state index < -0.39 is 12.1 Å². The molecule has 0 rings (SSSR count). The van der Waals surface area contributed by atoms with E-state index in [0.717, 1.165) is 103 Å². The lowest BCUT2D eigenvalue weighted by Gasteiger charge is -2.18. The van der Waals surface area contributed by atoms with Crippen molar-refractivity contribution in [2.75, 3.05) is 13.2 Å². The van der Waals surface area contributed by atoms with Crippen LogP contribution in [0.5, 0.6) is 0 Å². The quantitative estimate of drug-likeness (QED) is 0.0262. The summed E-state index contributed by atoms with van der Waals surface area (Å²) in [6, 6.07) is 0. The van der Waals surface area contributed by atoms with Gasteiger partial charge in [-0.1, -0.05) is 226 Å². The standard InChI is InChI=1S/C59H96O6/c1-4-7-10-13-16-19-22-24-25-26-27-28-29-30-31-32-33-35-37-40-43-46-49-52-58(61)64-55-56(54-63-57(60)51-48-45-42-39-36-21-18-15-12-9-6-3)65-59(62)53-50-47-44-41-38-34-23-20-17-14-11-8-5-2/h7-8,10-11,16-17,19-20,24-25,27-28,30-31,34,38,44,47,56H,4-6,9,12-15,18,21-23,26,29,32-33,35-37,39-43,45-46,48-55H2,1-3H3/b10-7-,11-8-,19-16-,20-17-,25-24-,28-27-,31-30-,38-34-,47-44-. The molecule has 1 atom stereocenters. The molecule has 0 bridgehead atoms. The van der Waals surface area contributed by atoms with Gasteiger partial charge in [-0.3, -0.25) is 14.4 Å². The lowest BCUT2D eigenvalue weighted by molar-refractivity contribution is -0.166. The van der Waals surface area contributed by atoms with Gasteiger partial charge in [-0.2, -0.15) is 0 Å². The van der Waals surface area contributed by atoms with Gasteiger partial charge in [-0.25, -0.2) is 0 Å². The number of hydrogen-bond donors (Lipinski definition) is 0. The molecular weight excluding hydrogens is 805 g/mol. The molecule has 65 heavy (non-hydrogen) atoms. The van der Waals surface area contributed by atoms with Gasteiger partial charge >= 0.3 is 17.9 Å². The van der Waals surface area contributed by atoms with Gasteiger partial charge < -0.3 is 14.2 Å². The number of carbonyl (C=O) groups excluding carboxylic acids is 3. The molecule has 0 aromatic heterocycles. The molecule has 0 radical (unpaired) electrons. The first-order valence-electron chi connectivity index (χ1n) is 26.4. The van der Waals surface area contributed by atoms with Crippen molar-refractivity contribution in [3.05, 3.63) is 109 Å². The predicted molar refractivity (Wildman–Crippen MR) is 279 cm³/mol. The Morgan fingerprint density at radius 1 is 0.323 bits per heavy atom. The van der Waals surface area contributed by atoms with Crippen LogP contribution in [0.15, 0.2) is 109 Å². The van der Waals surface area contributed by atoms with E-state index in [1.54, 1.807) is 0 Å². The highest BCUT2D eigenvalue weighted by Gasteiger charge is 2.19. The summed E-state index contributed by atoms with van der Waals surface area (Å²) in [5, 5.41) is 0. The molecule has 0 aromatic carbocycles. The zero-order valence-corrected chi connectivity index (χ0v) is 42.0. The van der Waals surface area contributed by atoms with Crippen LogP contribution in [0.2, 0.25) is 0 Å². The van der Waals surface area contributed by atoms with Crippen LogP contribution in [0.1, 0.15) is 226 Å². The summed E-state index contributed by atoms with van der Waals surface area (Å²) in [6.45, 7) is 6.32.